The smallest absolute Gasteiger partial charge is 0.343 e. The summed E-state index contributed by atoms with van der Waals surface area (Å²) in [6, 6.07) is 5.12. The third-order valence-electron chi connectivity index (χ3n) is 6.25. The average Bonchev–Trinajstić information content (AvgIpc) is 3.01. The van der Waals surface area contributed by atoms with E-state index in [0.29, 0.717) is 45.7 Å². The van der Waals surface area contributed by atoms with Gasteiger partial charge in [0.05, 0.1) is 23.3 Å². The number of pyridine rings is 1. The number of nitrogens with zero attached hydrogens (tertiary/aromatic N) is 3. The summed E-state index contributed by atoms with van der Waals surface area (Å²) in [6.07, 6.45) is 1.88. The molecular formula is C23H23N3O5. The minimum absolute atomic E-state index is 0.0522. The zero-order valence-corrected chi connectivity index (χ0v) is 17.6. The topological polar surface area (TPSA) is 103 Å². The highest BCUT2D eigenvalue weighted by molar-refractivity contribution is 6.12. The quantitative estimate of drug-likeness (QED) is 0.729. The Labute approximate surface area is 179 Å². The number of aromatic hydroxyl groups is 1. The molecular weight excluding hydrogens is 398 g/mol. The maximum Gasteiger partial charge on any atom is 0.343 e. The fourth-order valence-corrected chi connectivity index (χ4v) is 4.59. The second-order valence-electron chi connectivity index (χ2n) is 8.48. The van der Waals surface area contributed by atoms with Gasteiger partial charge in [-0.1, -0.05) is 6.92 Å². The van der Waals surface area contributed by atoms with E-state index in [0.717, 1.165) is 5.39 Å². The highest BCUT2D eigenvalue weighted by atomic mass is 16.6. The van der Waals surface area contributed by atoms with Gasteiger partial charge in [-0.2, -0.15) is 0 Å². The molecule has 0 bridgehead atoms. The second-order valence-corrected chi connectivity index (χ2v) is 8.48. The fourth-order valence-electron chi connectivity index (χ4n) is 4.59. The number of carbonyl (C=O) groups is 2. The molecule has 8 nitrogen and oxygen atoms in total. The molecule has 0 unspecified atom stereocenters. The molecule has 160 valence electrons. The SMILES string of the molecule is CC[C@@]1(O)C(=O)OCC2=C1C=C1c3nc4ccc(O)c(CN(C)C)c4cc3C(=O)N1C2. The highest BCUT2D eigenvalue weighted by Crippen LogP contribution is 2.43. The largest absolute Gasteiger partial charge is 0.508 e. The van der Waals surface area contributed by atoms with Crippen LogP contribution >= 0.6 is 0 Å². The maximum absolute atomic E-state index is 13.2. The molecule has 8 heteroatoms. The number of hydrogen-bond donors (Lipinski definition) is 2. The van der Waals surface area contributed by atoms with Crippen molar-refractivity contribution in [3.05, 3.63) is 52.2 Å². The van der Waals surface area contributed by atoms with Crippen LogP contribution in [0, 0.1) is 0 Å². The normalized spacial score (nSPS) is 22.5. The standard InChI is InChI=1S/C23H23N3O5/c1-4-23(30)16-8-18-20-14(21(28)26(18)9-12(16)11-31-22(23)29)7-13-15(10-25(2)3)19(27)6-5-17(13)24-20/h5-8,27,30H,4,9-11H2,1-3H3/t23-/m0/s1. The number of phenolic OH excluding ortho intramolecular Hbond substituents is 1. The van der Waals surface area contributed by atoms with Gasteiger partial charge in [-0.15, -0.1) is 0 Å². The Morgan fingerprint density at radius 3 is 2.77 bits per heavy atom. The van der Waals surface area contributed by atoms with E-state index >= 15 is 0 Å². The lowest BCUT2D eigenvalue weighted by Crippen LogP contribution is -2.48. The van der Waals surface area contributed by atoms with Gasteiger partial charge in [0.25, 0.3) is 5.91 Å². The number of aromatic nitrogens is 1. The lowest BCUT2D eigenvalue weighted by molar-refractivity contribution is -0.163. The van der Waals surface area contributed by atoms with Gasteiger partial charge in [-0.25, -0.2) is 9.78 Å². The van der Waals surface area contributed by atoms with Gasteiger partial charge in [-0.05, 0) is 50.4 Å². The van der Waals surface area contributed by atoms with E-state index in [2.05, 4.69) is 0 Å². The Kier molecular flexibility index (Phi) is 4.22. The van der Waals surface area contributed by atoms with Gasteiger partial charge < -0.3 is 24.7 Å². The molecule has 0 aliphatic carbocycles. The minimum Gasteiger partial charge on any atom is -0.508 e. The van der Waals surface area contributed by atoms with Crippen molar-refractivity contribution >= 4 is 28.5 Å². The first-order chi connectivity index (χ1) is 14.7. The van der Waals surface area contributed by atoms with Crippen molar-refractivity contribution in [2.75, 3.05) is 27.2 Å². The summed E-state index contributed by atoms with van der Waals surface area (Å²) in [5.41, 5.74) is 2.39. The van der Waals surface area contributed by atoms with Crippen LogP contribution in [0.1, 0.15) is 35.0 Å². The lowest BCUT2D eigenvalue weighted by atomic mass is 9.83. The summed E-state index contributed by atoms with van der Waals surface area (Å²) < 4.78 is 5.18. The number of cyclic esters (lactones) is 1. The molecule has 31 heavy (non-hydrogen) atoms. The second kappa shape index (κ2) is 6.63. The molecule has 0 fully saturated rings. The van der Waals surface area contributed by atoms with Gasteiger partial charge in [0.2, 0.25) is 0 Å². The number of ether oxygens (including phenoxy) is 1. The molecule has 1 amide bonds. The Morgan fingerprint density at radius 1 is 1.29 bits per heavy atom. The Hall–Kier alpha value is -3.23. The number of esters is 1. The van der Waals surface area contributed by atoms with Gasteiger partial charge >= 0.3 is 5.97 Å². The molecule has 3 aliphatic rings. The average molecular weight is 421 g/mol. The monoisotopic (exact) mass is 421 g/mol. The van der Waals surface area contributed by atoms with Crippen molar-refractivity contribution in [2.45, 2.75) is 25.5 Å². The van der Waals surface area contributed by atoms with Crippen molar-refractivity contribution in [1.29, 1.82) is 0 Å². The van der Waals surface area contributed by atoms with Crippen LogP contribution in [0.25, 0.3) is 16.6 Å². The summed E-state index contributed by atoms with van der Waals surface area (Å²) >= 11 is 0. The molecule has 0 radical (unpaired) electrons. The first-order valence-electron chi connectivity index (χ1n) is 10.2. The fraction of sp³-hybridized carbons (Fsp3) is 0.348. The number of rotatable bonds is 3. The van der Waals surface area contributed by atoms with Crippen LogP contribution < -0.4 is 0 Å². The molecule has 4 heterocycles. The van der Waals surface area contributed by atoms with Gasteiger partial charge in [-0.3, -0.25) is 4.79 Å². The molecule has 0 saturated heterocycles. The zero-order chi connectivity index (χ0) is 22.1. The molecule has 1 atom stereocenters. The van der Waals surface area contributed by atoms with E-state index in [4.69, 9.17) is 9.72 Å². The summed E-state index contributed by atoms with van der Waals surface area (Å²) in [4.78, 5) is 33.8. The van der Waals surface area contributed by atoms with Crippen molar-refractivity contribution in [3.8, 4) is 5.75 Å². The van der Waals surface area contributed by atoms with E-state index in [1.807, 2.05) is 19.0 Å². The number of hydrogen-bond acceptors (Lipinski definition) is 7. The molecule has 3 aliphatic heterocycles. The van der Waals surface area contributed by atoms with Crippen LogP contribution in [-0.2, 0) is 16.1 Å². The van der Waals surface area contributed by atoms with Crippen molar-refractivity contribution in [3.63, 3.8) is 0 Å². The zero-order valence-electron chi connectivity index (χ0n) is 17.6. The maximum atomic E-state index is 13.2. The van der Waals surface area contributed by atoms with E-state index in [9.17, 15) is 19.8 Å². The molecule has 5 rings (SSSR count). The van der Waals surface area contributed by atoms with Crippen molar-refractivity contribution < 1.29 is 24.5 Å². The first-order valence-corrected chi connectivity index (χ1v) is 10.2. The Bertz CT molecular complexity index is 1230. The highest BCUT2D eigenvalue weighted by Gasteiger charge is 2.48. The number of benzene rings is 1. The predicted molar refractivity (Wildman–Crippen MR) is 113 cm³/mol. The number of carbonyl (C=O) groups excluding carboxylic acids is 2. The Balaban J connectivity index is 1.70. The van der Waals surface area contributed by atoms with Gasteiger partial charge in [0.1, 0.15) is 18.1 Å². The molecule has 2 N–H and O–H groups in total. The number of aliphatic hydroxyl groups is 1. The molecule has 1 aromatic carbocycles. The molecule has 0 saturated carbocycles. The third kappa shape index (κ3) is 2.72. The summed E-state index contributed by atoms with van der Waals surface area (Å²) in [5.74, 6) is -0.705. The number of amides is 1. The summed E-state index contributed by atoms with van der Waals surface area (Å²) in [7, 11) is 3.81. The number of phenols is 1. The van der Waals surface area contributed by atoms with Crippen molar-refractivity contribution in [2.24, 2.45) is 0 Å². The summed E-state index contributed by atoms with van der Waals surface area (Å²) in [5, 5.41) is 22.1. The first kappa shape index (κ1) is 19.7. The molecule has 2 aromatic rings. The van der Waals surface area contributed by atoms with Crippen LogP contribution in [0.2, 0.25) is 0 Å². The molecule has 0 spiro atoms. The van der Waals surface area contributed by atoms with Crippen LogP contribution in [0.5, 0.6) is 5.75 Å². The Morgan fingerprint density at radius 2 is 2.06 bits per heavy atom. The van der Waals surface area contributed by atoms with E-state index in [1.54, 1.807) is 36.1 Å². The van der Waals surface area contributed by atoms with Crippen molar-refractivity contribution in [1.82, 2.24) is 14.8 Å². The van der Waals surface area contributed by atoms with Crippen LogP contribution in [0.3, 0.4) is 0 Å². The van der Waals surface area contributed by atoms with Crippen LogP contribution in [0.4, 0.5) is 0 Å². The van der Waals surface area contributed by atoms with Crippen LogP contribution in [0.15, 0.2) is 35.4 Å². The van der Waals surface area contributed by atoms with E-state index in [-0.39, 0.29) is 31.2 Å². The predicted octanol–water partition coefficient (Wildman–Crippen LogP) is 1.81. The minimum atomic E-state index is -1.72. The van der Waals surface area contributed by atoms with Gasteiger partial charge in [0.15, 0.2) is 5.60 Å². The summed E-state index contributed by atoms with van der Waals surface area (Å²) in [6.45, 7) is 2.51. The number of fused-ring (bicyclic) bond motifs is 4. The lowest BCUT2D eigenvalue weighted by Gasteiger charge is -2.37. The molecule has 1 aromatic heterocycles. The van der Waals surface area contributed by atoms with E-state index < -0.39 is 11.6 Å². The van der Waals surface area contributed by atoms with Crippen LogP contribution in [-0.4, -0.2) is 69.7 Å². The van der Waals surface area contributed by atoms with E-state index in [1.165, 1.54) is 0 Å². The third-order valence-corrected chi connectivity index (χ3v) is 6.25. The van der Waals surface area contributed by atoms with Gasteiger partial charge in [0, 0.05) is 23.1 Å².